The summed E-state index contributed by atoms with van der Waals surface area (Å²) >= 11 is 0. The number of hydrazine groups is 1. The Morgan fingerprint density at radius 1 is 1.04 bits per heavy atom. The Morgan fingerprint density at radius 2 is 1.62 bits per heavy atom. The molecule has 1 amide bonds. The predicted molar refractivity (Wildman–Crippen MR) is 94.0 cm³/mol. The van der Waals surface area contributed by atoms with Crippen LogP contribution in [-0.2, 0) is 22.7 Å². The molecule has 6 nitrogen and oxygen atoms in total. The van der Waals surface area contributed by atoms with Crippen molar-refractivity contribution in [2.24, 2.45) is 0 Å². The quantitative estimate of drug-likeness (QED) is 0.822. The normalized spacial score (nSPS) is 19.3. The molecule has 0 aliphatic carbocycles. The second kappa shape index (κ2) is 8.16. The number of benzene rings is 1. The van der Waals surface area contributed by atoms with Gasteiger partial charge in [0.2, 0.25) is 5.91 Å². The summed E-state index contributed by atoms with van der Waals surface area (Å²) in [6, 6.07) is 8.95. The molecule has 2 aromatic rings. The molecule has 2 N–H and O–H groups in total. The number of pyridine rings is 1. The third kappa shape index (κ3) is 4.50. The molecule has 26 heavy (non-hydrogen) atoms. The molecule has 1 aliphatic heterocycles. The lowest BCUT2D eigenvalue weighted by Gasteiger charge is -2.26. The first-order chi connectivity index (χ1) is 12.5. The highest BCUT2D eigenvalue weighted by Crippen LogP contribution is 2.15. The summed E-state index contributed by atoms with van der Waals surface area (Å²) in [5.74, 6) is -0.430. The van der Waals surface area contributed by atoms with E-state index in [1.54, 1.807) is 29.4 Å². The molecule has 3 rings (SSSR count). The van der Waals surface area contributed by atoms with Gasteiger partial charge in [0.1, 0.15) is 17.6 Å². The van der Waals surface area contributed by atoms with Crippen LogP contribution in [0.4, 0.5) is 4.39 Å². The van der Waals surface area contributed by atoms with Crippen molar-refractivity contribution >= 4 is 11.7 Å². The molecule has 0 radical (unpaired) electrons. The Balaban J connectivity index is 1.76. The van der Waals surface area contributed by atoms with Gasteiger partial charge in [-0.05, 0) is 48.7 Å². The molecule has 2 unspecified atom stereocenters. The number of hydrogen-bond donors (Lipinski definition) is 2. The van der Waals surface area contributed by atoms with Crippen molar-refractivity contribution in [1.29, 1.82) is 0 Å². The van der Waals surface area contributed by atoms with Crippen LogP contribution in [0.25, 0.3) is 0 Å². The number of nitrogens with zero attached hydrogens (tertiary/aromatic N) is 2. The average molecular weight is 356 g/mol. The minimum Gasteiger partial charge on any atom is -0.333 e. The van der Waals surface area contributed by atoms with Crippen LogP contribution < -0.4 is 10.9 Å². The van der Waals surface area contributed by atoms with Crippen LogP contribution in [0.3, 0.4) is 0 Å². The molecule has 1 fully saturated rings. The van der Waals surface area contributed by atoms with Gasteiger partial charge in [-0.3, -0.25) is 14.6 Å². The summed E-state index contributed by atoms with van der Waals surface area (Å²) in [7, 11) is 0. The maximum absolute atomic E-state index is 13.2. The van der Waals surface area contributed by atoms with E-state index in [2.05, 4.69) is 15.8 Å². The minimum atomic E-state index is -0.480. The molecule has 1 aliphatic rings. The van der Waals surface area contributed by atoms with E-state index in [0.29, 0.717) is 19.5 Å². The van der Waals surface area contributed by atoms with Crippen molar-refractivity contribution < 1.29 is 14.0 Å². The highest BCUT2D eigenvalue weighted by molar-refractivity contribution is 5.86. The fourth-order valence-corrected chi connectivity index (χ4v) is 2.94. The van der Waals surface area contributed by atoms with Gasteiger partial charge in [0.05, 0.1) is 6.04 Å². The second-order valence-corrected chi connectivity index (χ2v) is 6.42. The molecule has 0 bridgehead atoms. The fourth-order valence-electron chi connectivity index (χ4n) is 2.94. The van der Waals surface area contributed by atoms with Crippen LogP contribution in [0.1, 0.15) is 24.5 Å². The number of halogens is 1. The Morgan fingerprint density at radius 3 is 2.19 bits per heavy atom. The minimum absolute atomic E-state index is 0.00739. The molecular weight excluding hydrogens is 335 g/mol. The molecule has 7 heteroatoms. The van der Waals surface area contributed by atoms with E-state index in [-0.39, 0.29) is 23.5 Å². The van der Waals surface area contributed by atoms with Crippen molar-refractivity contribution in [2.75, 3.05) is 0 Å². The largest absolute Gasteiger partial charge is 0.333 e. The SMILES string of the molecule is CC(=O)C1CC(C(=O)N(Cc2ccncc2)Cc2ccc(F)cc2)NN1. The van der Waals surface area contributed by atoms with Crippen molar-refractivity contribution in [3.8, 4) is 0 Å². The Hall–Kier alpha value is -2.64. The number of nitrogens with one attached hydrogen (secondary N) is 2. The number of Topliss-reactive ketones (excluding diaryl/α,β-unsaturated/α-hetero) is 1. The van der Waals surface area contributed by atoms with E-state index in [0.717, 1.165) is 11.1 Å². The van der Waals surface area contributed by atoms with Gasteiger partial charge in [0.25, 0.3) is 0 Å². The summed E-state index contributed by atoms with van der Waals surface area (Å²) in [6.07, 6.45) is 3.76. The van der Waals surface area contributed by atoms with E-state index >= 15 is 0 Å². The Bertz CT molecular complexity index is 767. The van der Waals surface area contributed by atoms with Gasteiger partial charge >= 0.3 is 0 Å². The van der Waals surface area contributed by atoms with Crippen LogP contribution in [0.15, 0.2) is 48.8 Å². The summed E-state index contributed by atoms with van der Waals surface area (Å²) in [5.41, 5.74) is 7.57. The zero-order valence-corrected chi connectivity index (χ0v) is 14.5. The van der Waals surface area contributed by atoms with Gasteiger partial charge in [-0.25, -0.2) is 15.2 Å². The zero-order chi connectivity index (χ0) is 18.5. The molecule has 0 saturated carbocycles. The maximum Gasteiger partial charge on any atom is 0.241 e. The molecular formula is C19H21FN4O2. The van der Waals surface area contributed by atoms with Crippen LogP contribution in [0.2, 0.25) is 0 Å². The first kappa shape index (κ1) is 18.2. The summed E-state index contributed by atoms with van der Waals surface area (Å²) in [5, 5.41) is 0. The van der Waals surface area contributed by atoms with Gasteiger partial charge in [0.15, 0.2) is 0 Å². The number of amides is 1. The van der Waals surface area contributed by atoms with E-state index in [1.165, 1.54) is 19.1 Å². The first-order valence-electron chi connectivity index (χ1n) is 8.46. The van der Waals surface area contributed by atoms with E-state index in [4.69, 9.17) is 0 Å². The number of ketones is 1. The Kier molecular flexibility index (Phi) is 5.70. The van der Waals surface area contributed by atoms with Gasteiger partial charge in [-0.1, -0.05) is 12.1 Å². The molecule has 2 atom stereocenters. The molecule has 1 aromatic carbocycles. The number of aromatic nitrogens is 1. The van der Waals surface area contributed by atoms with Crippen molar-refractivity contribution in [1.82, 2.24) is 20.7 Å². The fraction of sp³-hybridized carbons (Fsp3) is 0.316. The summed E-state index contributed by atoms with van der Waals surface area (Å²) in [6.45, 7) is 2.26. The lowest BCUT2D eigenvalue weighted by molar-refractivity contribution is -0.134. The summed E-state index contributed by atoms with van der Waals surface area (Å²) in [4.78, 5) is 30.2. The van der Waals surface area contributed by atoms with Crippen LogP contribution in [0, 0.1) is 5.82 Å². The topological polar surface area (TPSA) is 74.3 Å². The molecule has 1 saturated heterocycles. The van der Waals surface area contributed by atoms with E-state index in [9.17, 15) is 14.0 Å². The molecule has 1 aromatic heterocycles. The first-order valence-corrected chi connectivity index (χ1v) is 8.46. The average Bonchev–Trinajstić information content (AvgIpc) is 3.14. The van der Waals surface area contributed by atoms with Crippen molar-refractivity contribution in [3.63, 3.8) is 0 Å². The second-order valence-electron chi connectivity index (χ2n) is 6.42. The van der Waals surface area contributed by atoms with Gasteiger partial charge in [0, 0.05) is 25.5 Å². The molecule has 0 spiro atoms. The van der Waals surface area contributed by atoms with Crippen molar-refractivity contribution in [2.45, 2.75) is 38.5 Å². The maximum atomic E-state index is 13.2. The van der Waals surface area contributed by atoms with Gasteiger partial charge in [-0.2, -0.15) is 0 Å². The molecule has 2 heterocycles. The zero-order valence-electron chi connectivity index (χ0n) is 14.5. The van der Waals surface area contributed by atoms with Crippen LogP contribution >= 0.6 is 0 Å². The van der Waals surface area contributed by atoms with Gasteiger partial charge < -0.3 is 4.90 Å². The highest BCUT2D eigenvalue weighted by atomic mass is 19.1. The van der Waals surface area contributed by atoms with E-state index < -0.39 is 6.04 Å². The number of carbonyl (C=O) groups excluding carboxylic acids is 2. The number of rotatable bonds is 6. The van der Waals surface area contributed by atoms with E-state index in [1.807, 2.05) is 12.1 Å². The molecule has 136 valence electrons. The van der Waals surface area contributed by atoms with Crippen LogP contribution in [-0.4, -0.2) is 33.7 Å². The van der Waals surface area contributed by atoms with Crippen molar-refractivity contribution in [3.05, 3.63) is 65.7 Å². The summed E-state index contributed by atoms with van der Waals surface area (Å²) < 4.78 is 13.2. The van der Waals surface area contributed by atoms with Crippen LogP contribution in [0.5, 0.6) is 0 Å². The lowest BCUT2D eigenvalue weighted by Crippen LogP contribution is -2.45. The van der Waals surface area contributed by atoms with Gasteiger partial charge in [-0.15, -0.1) is 0 Å². The standard InChI is InChI=1S/C19H21FN4O2/c1-13(25)17-10-18(23-22-17)19(26)24(12-15-6-8-21-9-7-15)11-14-2-4-16(20)5-3-14/h2-9,17-18,22-23H,10-12H2,1H3. The number of carbonyl (C=O) groups is 2. The predicted octanol–water partition coefficient (Wildman–Crippen LogP) is 1.57. The number of hydrogen-bond acceptors (Lipinski definition) is 5. The monoisotopic (exact) mass is 356 g/mol. The third-order valence-electron chi connectivity index (χ3n) is 4.41. The third-order valence-corrected chi connectivity index (χ3v) is 4.41. The lowest BCUT2D eigenvalue weighted by atomic mass is 10.1. The smallest absolute Gasteiger partial charge is 0.241 e. The Labute approximate surface area is 151 Å². The highest BCUT2D eigenvalue weighted by Gasteiger charge is 2.34.